The van der Waals surface area contributed by atoms with E-state index in [1.54, 1.807) is 12.1 Å². The number of nitrogens with zero attached hydrogens (tertiary/aromatic N) is 3. The van der Waals surface area contributed by atoms with Crippen molar-refractivity contribution in [1.82, 2.24) is 14.8 Å². The number of anilines is 2. The van der Waals surface area contributed by atoms with Crippen molar-refractivity contribution in [2.75, 3.05) is 16.4 Å². The Hall–Kier alpha value is -2.85. The maximum atomic E-state index is 13.3. The summed E-state index contributed by atoms with van der Waals surface area (Å²) in [5.74, 6) is 0.324. The number of carbonyl (C=O) groups is 2. The molecule has 38 heavy (non-hydrogen) atoms. The molecule has 0 radical (unpaired) electrons. The van der Waals surface area contributed by atoms with E-state index in [9.17, 15) is 9.59 Å². The van der Waals surface area contributed by atoms with Gasteiger partial charge in [-0.1, -0.05) is 53.2 Å². The Kier molecular flexibility index (Phi) is 8.38. The molecular formula is C27H25Cl2N5O2S2. The Labute approximate surface area is 239 Å². The van der Waals surface area contributed by atoms with Crippen molar-refractivity contribution in [1.29, 1.82) is 0 Å². The lowest BCUT2D eigenvalue weighted by molar-refractivity contribution is -0.113. The first-order valence-electron chi connectivity index (χ1n) is 12.3. The first kappa shape index (κ1) is 26.7. The third-order valence-electron chi connectivity index (χ3n) is 6.22. The third kappa shape index (κ3) is 5.76. The van der Waals surface area contributed by atoms with Gasteiger partial charge in [0.2, 0.25) is 5.91 Å². The van der Waals surface area contributed by atoms with Crippen LogP contribution >= 0.6 is 46.3 Å². The molecule has 0 unspecified atom stereocenters. The molecule has 2 N–H and O–H groups in total. The van der Waals surface area contributed by atoms with Gasteiger partial charge in [-0.05, 0) is 68.5 Å². The van der Waals surface area contributed by atoms with Gasteiger partial charge >= 0.3 is 0 Å². The van der Waals surface area contributed by atoms with E-state index in [1.807, 2.05) is 47.9 Å². The molecular weight excluding hydrogens is 561 g/mol. The number of hydrogen-bond donors (Lipinski definition) is 2. The number of halogens is 2. The van der Waals surface area contributed by atoms with Crippen LogP contribution in [0, 0.1) is 0 Å². The van der Waals surface area contributed by atoms with Gasteiger partial charge in [0.25, 0.3) is 5.91 Å². The molecule has 2 aromatic carbocycles. The van der Waals surface area contributed by atoms with Crippen LogP contribution in [0.4, 0.5) is 10.7 Å². The summed E-state index contributed by atoms with van der Waals surface area (Å²) < 4.78 is 1.91. The van der Waals surface area contributed by atoms with Crippen LogP contribution in [0.1, 0.15) is 40.6 Å². The van der Waals surface area contributed by atoms with E-state index in [4.69, 9.17) is 23.2 Å². The minimum Gasteiger partial charge on any atom is -0.322 e. The molecule has 0 aliphatic heterocycles. The summed E-state index contributed by atoms with van der Waals surface area (Å²) in [6.07, 6.45) is 3.88. The SMILES string of the molecule is CCn1c(SCC(=O)Nc2sc3c(c2C(=O)Nc2ccccc2)CCCC3)nnc1-c1ccc(Cl)cc1Cl. The van der Waals surface area contributed by atoms with Gasteiger partial charge in [-0.15, -0.1) is 21.5 Å². The molecule has 0 saturated heterocycles. The van der Waals surface area contributed by atoms with Crippen LogP contribution in [0.5, 0.6) is 0 Å². The van der Waals surface area contributed by atoms with Crippen LogP contribution in [-0.2, 0) is 24.2 Å². The lowest BCUT2D eigenvalue weighted by Crippen LogP contribution is -2.19. The second-order valence-corrected chi connectivity index (χ2v) is 11.6. The molecule has 0 saturated carbocycles. The molecule has 4 aromatic rings. The van der Waals surface area contributed by atoms with Crippen molar-refractivity contribution in [2.24, 2.45) is 0 Å². The first-order valence-corrected chi connectivity index (χ1v) is 14.8. The smallest absolute Gasteiger partial charge is 0.258 e. The van der Waals surface area contributed by atoms with E-state index in [-0.39, 0.29) is 17.6 Å². The fourth-order valence-electron chi connectivity index (χ4n) is 4.45. The number of thiophene rings is 1. The van der Waals surface area contributed by atoms with E-state index >= 15 is 0 Å². The number of amides is 2. The summed E-state index contributed by atoms with van der Waals surface area (Å²) in [6, 6.07) is 14.6. The molecule has 7 nitrogen and oxygen atoms in total. The summed E-state index contributed by atoms with van der Waals surface area (Å²) in [5, 5.41) is 16.8. The van der Waals surface area contributed by atoms with Gasteiger partial charge in [0.05, 0.1) is 16.3 Å². The molecule has 1 aliphatic carbocycles. The van der Waals surface area contributed by atoms with Gasteiger partial charge in [0.1, 0.15) is 5.00 Å². The molecule has 0 fully saturated rings. The molecule has 0 bridgehead atoms. The standard InChI is InChI=1S/C27H25Cl2N5O2S2/c1-2-34-24(18-13-12-16(28)14-20(18)29)32-33-27(34)37-15-22(35)31-26-23(19-10-6-7-11-21(19)38-26)25(36)30-17-8-4-3-5-9-17/h3-5,8-9,12-14H,2,6-7,10-11,15H2,1H3,(H,30,36)(H,31,35). The summed E-state index contributed by atoms with van der Waals surface area (Å²) in [5.41, 5.74) is 3.06. The van der Waals surface area contributed by atoms with Crippen LogP contribution in [0.3, 0.4) is 0 Å². The van der Waals surface area contributed by atoms with Gasteiger partial charge in [0.15, 0.2) is 11.0 Å². The molecule has 0 spiro atoms. The van der Waals surface area contributed by atoms with Crippen molar-refractivity contribution < 1.29 is 9.59 Å². The number of fused-ring (bicyclic) bond motifs is 1. The van der Waals surface area contributed by atoms with E-state index in [0.29, 0.717) is 38.1 Å². The summed E-state index contributed by atoms with van der Waals surface area (Å²) in [6.45, 7) is 2.58. The number of thioether (sulfide) groups is 1. The number of rotatable bonds is 8. The third-order valence-corrected chi connectivity index (χ3v) is 8.94. The summed E-state index contributed by atoms with van der Waals surface area (Å²) >= 11 is 15.2. The number of carbonyl (C=O) groups excluding carboxylic acids is 2. The zero-order chi connectivity index (χ0) is 26.6. The zero-order valence-corrected chi connectivity index (χ0v) is 23.7. The Morgan fingerprint density at radius 1 is 1.05 bits per heavy atom. The van der Waals surface area contributed by atoms with E-state index in [2.05, 4.69) is 20.8 Å². The Morgan fingerprint density at radius 3 is 2.61 bits per heavy atom. The second kappa shape index (κ2) is 11.9. The van der Waals surface area contributed by atoms with Gasteiger partial charge in [-0.2, -0.15) is 0 Å². The molecule has 2 heterocycles. The predicted molar refractivity (Wildman–Crippen MR) is 156 cm³/mol. The Morgan fingerprint density at radius 2 is 1.84 bits per heavy atom. The van der Waals surface area contributed by atoms with Crippen molar-refractivity contribution in [3.8, 4) is 11.4 Å². The lowest BCUT2D eigenvalue weighted by atomic mass is 9.95. The van der Waals surface area contributed by atoms with Crippen molar-refractivity contribution in [3.05, 3.63) is 74.6 Å². The van der Waals surface area contributed by atoms with E-state index in [0.717, 1.165) is 42.5 Å². The maximum Gasteiger partial charge on any atom is 0.258 e. The molecule has 2 amide bonds. The second-order valence-electron chi connectivity index (χ2n) is 8.75. The zero-order valence-electron chi connectivity index (χ0n) is 20.6. The number of aryl methyl sites for hydroxylation is 1. The minimum atomic E-state index is -0.209. The maximum absolute atomic E-state index is 13.3. The minimum absolute atomic E-state index is 0.120. The monoisotopic (exact) mass is 585 g/mol. The Balaban J connectivity index is 1.32. The van der Waals surface area contributed by atoms with E-state index in [1.165, 1.54) is 28.0 Å². The van der Waals surface area contributed by atoms with Gasteiger partial charge in [-0.3, -0.25) is 9.59 Å². The molecule has 2 aromatic heterocycles. The summed E-state index contributed by atoms with van der Waals surface area (Å²) in [4.78, 5) is 27.5. The lowest BCUT2D eigenvalue weighted by Gasteiger charge is -2.13. The van der Waals surface area contributed by atoms with Crippen LogP contribution in [0.15, 0.2) is 53.7 Å². The molecule has 196 valence electrons. The number of benzene rings is 2. The molecule has 0 atom stereocenters. The molecule has 11 heteroatoms. The molecule has 1 aliphatic rings. The van der Waals surface area contributed by atoms with Crippen molar-refractivity contribution in [3.63, 3.8) is 0 Å². The van der Waals surface area contributed by atoms with Gasteiger partial charge in [-0.25, -0.2) is 0 Å². The number of aromatic nitrogens is 3. The van der Waals surface area contributed by atoms with Crippen molar-refractivity contribution >= 4 is 68.8 Å². The Bertz CT molecular complexity index is 1490. The topological polar surface area (TPSA) is 88.9 Å². The summed E-state index contributed by atoms with van der Waals surface area (Å²) in [7, 11) is 0. The highest BCUT2D eigenvalue weighted by atomic mass is 35.5. The number of para-hydroxylation sites is 1. The number of hydrogen-bond acceptors (Lipinski definition) is 6. The average Bonchev–Trinajstić information content (AvgIpc) is 3.48. The molecule has 5 rings (SSSR count). The quantitative estimate of drug-likeness (QED) is 0.213. The van der Waals surface area contributed by atoms with Gasteiger partial charge < -0.3 is 15.2 Å². The van der Waals surface area contributed by atoms with Crippen LogP contribution in [-0.4, -0.2) is 32.3 Å². The number of nitrogens with one attached hydrogen (secondary N) is 2. The highest BCUT2D eigenvalue weighted by Gasteiger charge is 2.27. The average molecular weight is 587 g/mol. The van der Waals surface area contributed by atoms with Crippen LogP contribution < -0.4 is 10.6 Å². The van der Waals surface area contributed by atoms with Gasteiger partial charge in [0, 0.05) is 27.7 Å². The normalized spacial score (nSPS) is 12.7. The fraction of sp³-hybridized carbons (Fsp3) is 0.259. The predicted octanol–water partition coefficient (Wildman–Crippen LogP) is 7.20. The highest BCUT2D eigenvalue weighted by Crippen LogP contribution is 2.39. The highest BCUT2D eigenvalue weighted by molar-refractivity contribution is 7.99. The van der Waals surface area contributed by atoms with Crippen LogP contribution in [0.2, 0.25) is 10.0 Å². The first-order chi connectivity index (χ1) is 18.4. The fourth-order valence-corrected chi connectivity index (χ4v) is 7.05. The van der Waals surface area contributed by atoms with Crippen molar-refractivity contribution in [2.45, 2.75) is 44.3 Å². The largest absolute Gasteiger partial charge is 0.322 e. The van der Waals surface area contributed by atoms with E-state index < -0.39 is 0 Å². The van der Waals surface area contributed by atoms with Crippen LogP contribution in [0.25, 0.3) is 11.4 Å².